The van der Waals surface area contributed by atoms with Crippen LogP contribution in [0, 0.1) is 0 Å². The van der Waals surface area contributed by atoms with Gasteiger partial charge in [-0.1, -0.05) is 38.1 Å². The maximum absolute atomic E-state index is 4.74. The Kier molecular flexibility index (Phi) is 6.62. The molecule has 0 unspecified atom stereocenters. The lowest BCUT2D eigenvalue weighted by Crippen LogP contribution is -2.20. The van der Waals surface area contributed by atoms with Crippen LogP contribution in [0.5, 0.6) is 0 Å². The molecule has 0 spiro atoms. The van der Waals surface area contributed by atoms with Gasteiger partial charge >= 0.3 is 0 Å². The van der Waals surface area contributed by atoms with E-state index in [1.165, 1.54) is 28.2 Å². The second-order valence-electron chi connectivity index (χ2n) is 7.47. The molecule has 2 aromatic rings. The molecule has 1 heterocycles. The van der Waals surface area contributed by atoms with Crippen LogP contribution in [-0.2, 0) is 26.7 Å². The average Bonchev–Trinajstić information content (AvgIpc) is 2.85. The van der Waals surface area contributed by atoms with Gasteiger partial charge in [0.05, 0.1) is 5.69 Å². The third kappa shape index (κ3) is 4.83. The summed E-state index contributed by atoms with van der Waals surface area (Å²) in [5.41, 5.74) is 5.22. The molecule has 0 aliphatic heterocycles. The molecular formula is C20H33N5. The molecule has 1 aromatic heterocycles. The van der Waals surface area contributed by atoms with Crippen LogP contribution in [0.25, 0.3) is 0 Å². The van der Waals surface area contributed by atoms with Gasteiger partial charge in [-0.25, -0.2) is 0 Å². The van der Waals surface area contributed by atoms with Gasteiger partial charge in [-0.2, -0.15) is 5.10 Å². The predicted molar refractivity (Wildman–Crippen MR) is 106 cm³/mol. The number of rotatable bonds is 8. The first-order valence-corrected chi connectivity index (χ1v) is 8.96. The standard InChI is InChI=1S/C20H33N5/c1-15(2)19-18(20(24(5)6)25(7)22-19)13-21-12-16-10-8-9-11-17(16)14-23(3)4/h8-11,15,21H,12-14H2,1-7H3. The van der Waals surface area contributed by atoms with Crippen LogP contribution in [0.3, 0.4) is 0 Å². The molecule has 25 heavy (non-hydrogen) atoms. The fraction of sp³-hybridized carbons (Fsp3) is 0.550. The van der Waals surface area contributed by atoms with Crippen molar-refractivity contribution in [1.82, 2.24) is 20.0 Å². The molecular weight excluding hydrogens is 310 g/mol. The van der Waals surface area contributed by atoms with Gasteiger partial charge in [0.25, 0.3) is 0 Å². The molecule has 5 nitrogen and oxygen atoms in total. The molecule has 5 heteroatoms. The number of nitrogens with one attached hydrogen (secondary N) is 1. The summed E-state index contributed by atoms with van der Waals surface area (Å²) in [6, 6.07) is 8.66. The minimum atomic E-state index is 0.415. The largest absolute Gasteiger partial charge is 0.363 e. The van der Waals surface area contributed by atoms with E-state index >= 15 is 0 Å². The van der Waals surface area contributed by atoms with Crippen molar-refractivity contribution in [2.45, 2.75) is 39.4 Å². The molecule has 0 saturated carbocycles. The van der Waals surface area contributed by atoms with Crippen molar-refractivity contribution >= 4 is 5.82 Å². The summed E-state index contributed by atoms with van der Waals surface area (Å²) < 4.78 is 1.99. The van der Waals surface area contributed by atoms with Gasteiger partial charge in [0.2, 0.25) is 0 Å². The van der Waals surface area contributed by atoms with Gasteiger partial charge < -0.3 is 15.1 Å². The van der Waals surface area contributed by atoms with Gasteiger partial charge in [-0.15, -0.1) is 0 Å². The first-order valence-electron chi connectivity index (χ1n) is 8.96. The minimum absolute atomic E-state index is 0.415. The average molecular weight is 344 g/mol. The molecule has 1 aromatic carbocycles. The fourth-order valence-electron chi connectivity index (χ4n) is 3.32. The Labute approximate surface area is 152 Å². The molecule has 2 rings (SSSR count). The number of anilines is 1. The van der Waals surface area contributed by atoms with Crippen LogP contribution < -0.4 is 10.2 Å². The highest BCUT2D eigenvalue weighted by Crippen LogP contribution is 2.27. The highest BCUT2D eigenvalue weighted by atomic mass is 15.4. The lowest BCUT2D eigenvalue weighted by Gasteiger charge is -2.17. The fourth-order valence-corrected chi connectivity index (χ4v) is 3.32. The highest BCUT2D eigenvalue weighted by molar-refractivity contribution is 5.50. The van der Waals surface area contributed by atoms with Crippen molar-refractivity contribution in [3.8, 4) is 0 Å². The van der Waals surface area contributed by atoms with Crippen molar-refractivity contribution in [1.29, 1.82) is 0 Å². The number of nitrogens with zero attached hydrogens (tertiary/aromatic N) is 4. The van der Waals surface area contributed by atoms with Crippen molar-refractivity contribution < 1.29 is 0 Å². The Bertz CT molecular complexity index is 685. The maximum Gasteiger partial charge on any atom is 0.130 e. The molecule has 0 bridgehead atoms. The predicted octanol–water partition coefficient (Wildman–Crippen LogP) is 2.96. The van der Waals surface area contributed by atoms with Crippen LogP contribution in [0.2, 0.25) is 0 Å². The Morgan fingerprint density at radius 3 is 2.24 bits per heavy atom. The molecule has 0 saturated heterocycles. The monoisotopic (exact) mass is 343 g/mol. The highest BCUT2D eigenvalue weighted by Gasteiger charge is 2.19. The van der Waals surface area contributed by atoms with E-state index in [-0.39, 0.29) is 0 Å². The van der Waals surface area contributed by atoms with Crippen LogP contribution >= 0.6 is 0 Å². The van der Waals surface area contributed by atoms with Crippen LogP contribution in [0.15, 0.2) is 24.3 Å². The minimum Gasteiger partial charge on any atom is -0.363 e. The van der Waals surface area contributed by atoms with Crippen LogP contribution in [0.1, 0.15) is 42.1 Å². The zero-order chi connectivity index (χ0) is 18.6. The maximum atomic E-state index is 4.74. The zero-order valence-corrected chi connectivity index (χ0v) is 16.8. The normalized spacial score (nSPS) is 11.6. The Morgan fingerprint density at radius 2 is 1.68 bits per heavy atom. The van der Waals surface area contributed by atoms with Gasteiger partial charge in [-0.05, 0) is 31.1 Å². The van der Waals surface area contributed by atoms with E-state index in [4.69, 9.17) is 5.10 Å². The second-order valence-corrected chi connectivity index (χ2v) is 7.47. The van der Waals surface area contributed by atoms with Crippen molar-refractivity contribution in [2.24, 2.45) is 7.05 Å². The van der Waals surface area contributed by atoms with E-state index in [2.05, 4.69) is 81.4 Å². The Morgan fingerprint density at radius 1 is 1.04 bits per heavy atom. The summed E-state index contributed by atoms with van der Waals surface area (Å²) in [5.74, 6) is 1.59. The lowest BCUT2D eigenvalue weighted by molar-refractivity contribution is 0.400. The Hall–Kier alpha value is -1.85. The van der Waals surface area contributed by atoms with Crippen molar-refractivity contribution in [3.63, 3.8) is 0 Å². The summed E-state index contributed by atoms with van der Waals surface area (Å²) in [7, 11) is 10.4. The second kappa shape index (κ2) is 8.50. The summed E-state index contributed by atoms with van der Waals surface area (Å²) in [6.07, 6.45) is 0. The van der Waals surface area contributed by atoms with E-state index in [0.29, 0.717) is 5.92 Å². The molecule has 0 atom stereocenters. The molecule has 1 N–H and O–H groups in total. The molecule has 138 valence electrons. The quantitative estimate of drug-likeness (QED) is 0.799. The number of aromatic nitrogens is 2. The van der Waals surface area contributed by atoms with Gasteiger partial charge in [0, 0.05) is 46.3 Å². The SMILES string of the molecule is CC(C)c1nn(C)c(N(C)C)c1CNCc1ccccc1CN(C)C. The smallest absolute Gasteiger partial charge is 0.130 e. The summed E-state index contributed by atoms with van der Waals surface area (Å²) in [6.45, 7) is 7.06. The molecule has 0 aliphatic rings. The molecule has 0 amide bonds. The van der Waals surface area contributed by atoms with E-state index < -0.39 is 0 Å². The first kappa shape index (κ1) is 19.5. The lowest BCUT2D eigenvalue weighted by atomic mass is 10.0. The van der Waals surface area contributed by atoms with Crippen LogP contribution in [-0.4, -0.2) is 42.9 Å². The molecule has 0 fully saturated rings. The van der Waals surface area contributed by atoms with E-state index in [1.807, 2.05) is 11.7 Å². The summed E-state index contributed by atoms with van der Waals surface area (Å²) in [5, 5.41) is 8.38. The Balaban J connectivity index is 2.15. The number of hydrogen-bond donors (Lipinski definition) is 1. The third-order valence-electron chi connectivity index (χ3n) is 4.34. The molecule has 0 radical (unpaired) electrons. The van der Waals surface area contributed by atoms with Crippen LogP contribution in [0.4, 0.5) is 5.82 Å². The van der Waals surface area contributed by atoms with Gasteiger partial charge in [0.1, 0.15) is 5.82 Å². The number of hydrogen-bond acceptors (Lipinski definition) is 4. The van der Waals surface area contributed by atoms with Crippen molar-refractivity contribution in [3.05, 3.63) is 46.6 Å². The topological polar surface area (TPSA) is 36.3 Å². The zero-order valence-electron chi connectivity index (χ0n) is 16.8. The number of aryl methyl sites for hydroxylation is 1. The number of benzene rings is 1. The first-order chi connectivity index (χ1) is 11.8. The third-order valence-corrected chi connectivity index (χ3v) is 4.34. The van der Waals surface area contributed by atoms with Gasteiger partial charge in [-0.3, -0.25) is 4.68 Å². The van der Waals surface area contributed by atoms with E-state index in [9.17, 15) is 0 Å². The van der Waals surface area contributed by atoms with Crippen molar-refractivity contribution in [2.75, 3.05) is 33.1 Å². The molecule has 0 aliphatic carbocycles. The summed E-state index contributed by atoms with van der Waals surface area (Å²) in [4.78, 5) is 4.36. The van der Waals surface area contributed by atoms with Gasteiger partial charge in [0.15, 0.2) is 0 Å². The summed E-state index contributed by atoms with van der Waals surface area (Å²) >= 11 is 0. The van der Waals surface area contributed by atoms with E-state index in [1.54, 1.807) is 0 Å². The van der Waals surface area contributed by atoms with E-state index in [0.717, 1.165) is 19.6 Å².